The van der Waals surface area contributed by atoms with Crippen LogP contribution < -0.4 is 15.0 Å². The monoisotopic (exact) mass is 828 g/mol. The Balaban J connectivity index is 0.796. The third-order valence-electron chi connectivity index (χ3n) is 12.9. The molecule has 0 aromatic heterocycles. The van der Waals surface area contributed by atoms with Crippen LogP contribution in [0.1, 0.15) is 114 Å². The topological polar surface area (TPSA) is 143 Å². The lowest BCUT2D eigenvalue weighted by molar-refractivity contribution is -0.136. The Bertz CT molecular complexity index is 2300. The second-order valence-corrected chi connectivity index (χ2v) is 17.2. The minimum atomic E-state index is -0.974. The number of hydrogen-bond acceptors (Lipinski definition) is 9. The quantitative estimate of drug-likeness (QED) is 0.208. The van der Waals surface area contributed by atoms with Crippen LogP contribution in [0, 0.1) is 29.1 Å². The largest absolute Gasteiger partial charge is 0.491 e. The summed E-state index contributed by atoms with van der Waals surface area (Å²) in [6, 6.07) is 19.8. The van der Waals surface area contributed by atoms with Crippen LogP contribution in [-0.2, 0) is 9.59 Å². The molecule has 12 nitrogen and oxygen atoms in total. The number of ether oxygens (including phenoxy) is 1. The van der Waals surface area contributed by atoms with Gasteiger partial charge in [0.2, 0.25) is 11.8 Å². The summed E-state index contributed by atoms with van der Waals surface area (Å²) in [5.74, 6) is 5.84. The number of carbonyl (C=O) groups excluding carboxylic acids is 5. The number of nitrogens with zero attached hydrogens (tertiary/aromatic N) is 5. The fourth-order valence-electron chi connectivity index (χ4n) is 9.58. The van der Waals surface area contributed by atoms with Crippen molar-refractivity contribution >= 4 is 46.8 Å². The molecule has 3 aromatic carbocycles. The molecule has 4 saturated heterocycles. The van der Waals surface area contributed by atoms with E-state index in [1.165, 1.54) is 0 Å². The molecule has 60 heavy (non-hydrogen) atoms. The van der Waals surface area contributed by atoms with E-state index in [2.05, 4.69) is 40.0 Å². The number of imide groups is 2. The third kappa shape index (κ3) is 8.50. The Morgan fingerprint density at radius 2 is 1.62 bits per heavy atom. The van der Waals surface area contributed by atoms with Gasteiger partial charge in [-0.2, -0.15) is 5.26 Å². The lowest BCUT2D eigenvalue weighted by Crippen LogP contribution is -2.54. The van der Waals surface area contributed by atoms with Crippen molar-refractivity contribution in [2.45, 2.75) is 102 Å². The zero-order valence-electron chi connectivity index (χ0n) is 34.0. The number of likely N-dealkylation sites (tertiary alicyclic amines) is 2. The number of amides is 5. The average molecular weight is 829 g/mol. The summed E-state index contributed by atoms with van der Waals surface area (Å²) in [6.07, 6.45) is 6.60. The summed E-state index contributed by atoms with van der Waals surface area (Å²) in [5, 5.41) is 11.8. The number of benzene rings is 3. The first kappa shape index (κ1) is 41.1. The van der Waals surface area contributed by atoms with Gasteiger partial charge in [0, 0.05) is 72.9 Å². The molecule has 0 bridgehead atoms. The fourth-order valence-corrected chi connectivity index (χ4v) is 9.79. The van der Waals surface area contributed by atoms with Crippen LogP contribution in [0.25, 0.3) is 0 Å². The molecule has 5 aliphatic heterocycles. The summed E-state index contributed by atoms with van der Waals surface area (Å²) in [4.78, 5) is 72.2. The van der Waals surface area contributed by atoms with E-state index in [1.807, 2.05) is 42.2 Å². The normalized spacial score (nSPS) is 23.2. The van der Waals surface area contributed by atoms with E-state index in [-0.39, 0.29) is 36.9 Å². The minimum absolute atomic E-state index is 0.0218. The summed E-state index contributed by atoms with van der Waals surface area (Å²) in [5.41, 5.74) is 3.46. The molecule has 5 heterocycles. The van der Waals surface area contributed by atoms with E-state index < -0.39 is 29.7 Å². The van der Waals surface area contributed by atoms with E-state index in [4.69, 9.17) is 21.6 Å². The van der Waals surface area contributed by atoms with Gasteiger partial charge in [-0.3, -0.25) is 34.2 Å². The predicted molar refractivity (Wildman–Crippen MR) is 225 cm³/mol. The number of piperidine rings is 3. The van der Waals surface area contributed by atoms with Crippen LogP contribution in [0.5, 0.6) is 5.75 Å². The van der Waals surface area contributed by atoms with Gasteiger partial charge in [0.25, 0.3) is 17.7 Å². The van der Waals surface area contributed by atoms with Gasteiger partial charge in [-0.25, -0.2) is 0 Å². The lowest BCUT2D eigenvalue weighted by atomic mass is 9.93. The number of carbonyl (C=O) groups is 5. The molecule has 0 aliphatic carbocycles. The van der Waals surface area contributed by atoms with E-state index in [1.54, 1.807) is 30.3 Å². The van der Waals surface area contributed by atoms with Gasteiger partial charge in [-0.05, 0) is 126 Å². The highest BCUT2D eigenvalue weighted by Crippen LogP contribution is 2.34. The van der Waals surface area contributed by atoms with Crippen molar-refractivity contribution < 1.29 is 28.7 Å². The van der Waals surface area contributed by atoms with Gasteiger partial charge in [-0.15, -0.1) is 0 Å². The molecule has 4 unspecified atom stereocenters. The SMILES string of the molecule is CC(CC1CCC(C)N1C(=O)c1ccc(C#CC2CCN(C3CCN(c4ccc5c(c4)C(=O)N(C4CCC(=O)NC4=O)C5=O)CC3)CC2)cc1)Oc1ccc(C#N)c(Cl)c1. The number of nitrogens with one attached hydrogen (secondary N) is 1. The molecule has 0 saturated carbocycles. The highest BCUT2D eigenvalue weighted by molar-refractivity contribution is 6.31. The first-order valence-corrected chi connectivity index (χ1v) is 21.5. The molecule has 310 valence electrons. The molecular weight excluding hydrogens is 780 g/mol. The zero-order chi connectivity index (χ0) is 42.1. The molecular formula is C47H49ClN6O6. The summed E-state index contributed by atoms with van der Waals surface area (Å²) < 4.78 is 6.13. The standard InChI is InChI=1S/C47H49ClN6O6/c1-29-3-11-37(25-30(2)60-38-13-10-34(28-49)41(48)27-38)53(29)45(57)33-8-6-31(7-9-33)4-5-32-17-21-51(22-18-32)35-19-23-52(24-20-35)36-12-14-39-40(26-36)47(59)54(46(39)58)42-15-16-43(55)50-44(42)56/h6-10,12-14,26-27,29-30,32,35,37,42H,3,11,15-25H2,1-2H3,(H,50,55,56). The first-order valence-electron chi connectivity index (χ1n) is 21.1. The lowest BCUT2D eigenvalue weighted by Gasteiger charge is -2.42. The van der Waals surface area contributed by atoms with Crippen LogP contribution in [0.15, 0.2) is 60.7 Å². The fraction of sp³-hybridized carbons (Fsp3) is 0.447. The van der Waals surface area contributed by atoms with Gasteiger partial charge in [0.05, 0.1) is 27.8 Å². The van der Waals surface area contributed by atoms with Gasteiger partial charge >= 0.3 is 0 Å². The number of hydrogen-bond donors (Lipinski definition) is 1. The maximum atomic E-state index is 13.8. The summed E-state index contributed by atoms with van der Waals surface area (Å²) in [7, 11) is 0. The smallest absolute Gasteiger partial charge is 0.262 e. The Hall–Kier alpha value is -5.69. The van der Waals surface area contributed by atoms with Crippen molar-refractivity contribution in [3.63, 3.8) is 0 Å². The molecule has 5 amide bonds. The third-order valence-corrected chi connectivity index (χ3v) is 13.2. The van der Waals surface area contributed by atoms with Gasteiger partial charge in [0.1, 0.15) is 17.9 Å². The van der Waals surface area contributed by atoms with Gasteiger partial charge < -0.3 is 19.4 Å². The predicted octanol–water partition coefficient (Wildman–Crippen LogP) is 6.20. The maximum Gasteiger partial charge on any atom is 0.262 e. The molecule has 5 aliphatic rings. The number of halogens is 1. The molecule has 4 atom stereocenters. The van der Waals surface area contributed by atoms with Crippen LogP contribution in [0.3, 0.4) is 0 Å². The Morgan fingerprint density at radius 3 is 2.32 bits per heavy atom. The zero-order valence-corrected chi connectivity index (χ0v) is 34.7. The summed E-state index contributed by atoms with van der Waals surface area (Å²) in [6.45, 7) is 7.74. The summed E-state index contributed by atoms with van der Waals surface area (Å²) >= 11 is 6.20. The van der Waals surface area contributed by atoms with Crippen molar-refractivity contribution in [1.29, 1.82) is 5.26 Å². The molecule has 8 rings (SSSR count). The van der Waals surface area contributed by atoms with Gasteiger partial charge in [0.15, 0.2) is 0 Å². The average Bonchev–Trinajstić information content (AvgIpc) is 3.73. The molecule has 13 heteroatoms. The maximum absolute atomic E-state index is 13.8. The van der Waals surface area contributed by atoms with Crippen LogP contribution >= 0.6 is 11.6 Å². The Kier molecular flexibility index (Phi) is 12.0. The van der Waals surface area contributed by atoms with Crippen molar-refractivity contribution in [3.8, 4) is 23.7 Å². The molecule has 4 fully saturated rings. The van der Waals surface area contributed by atoms with E-state index in [0.29, 0.717) is 51.4 Å². The highest BCUT2D eigenvalue weighted by Gasteiger charge is 2.45. The van der Waals surface area contributed by atoms with E-state index >= 15 is 0 Å². The second-order valence-electron chi connectivity index (χ2n) is 16.8. The van der Waals surface area contributed by atoms with Crippen LogP contribution in [0.2, 0.25) is 5.02 Å². The van der Waals surface area contributed by atoms with Crippen molar-refractivity contribution in [2.75, 3.05) is 31.1 Å². The van der Waals surface area contributed by atoms with Crippen molar-refractivity contribution in [1.82, 2.24) is 20.0 Å². The number of fused-ring (bicyclic) bond motifs is 1. The Labute approximate surface area is 355 Å². The second kappa shape index (κ2) is 17.5. The molecule has 3 aromatic rings. The first-order chi connectivity index (χ1) is 29.0. The number of nitriles is 1. The van der Waals surface area contributed by atoms with Crippen LogP contribution in [-0.4, -0.2) is 101 Å². The minimum Gasteiger partial charge on any atom is -0.491 e. The molecule has 0 spiro atoms. The highest BCUT2D eigenvalue weighted by atomic mass is 35.5. The molecule has 1 N–H and O–H groups in total. The number of rotatable bonds is 8. The van der Waals surface area contributed by atoms with Crippen molar-refractivity contribution in [3.05, 3.63) is 93.5 Å². The number of anilines is 1. The van der Waals surface area contributed by atoms with Gasteiger partial charge in [-0.1, -0.05) is 23.4 Å². The van der Waals surface area contributed by atoms with E-state index in [9.17, 15) is 24.0 Å². The van der Waals surface area contributed by atoms with Crippen LogP contribution in [0.4, 0.5) is 5.69 Å². The van der Waals surface area contributed by atoms with Crippen molar-refractivity contribution in [2.24, 2.45) is 5.92 Å². The van der Waals surface area contributed by atoms with E-state index in [0.717, 1.165) is 80.9 Å². The molecule has 0 radical (unpaired) electrons. The Morgan fingerprint density at radius 1 is 0.883 bits per heavy atom.